The molecule has 0 N–H and O–H groups in total. The fraction of sp³-hybridized carbons (Fsp3) is 0.263. The van der Waals surface area contributed by atoms with Crippen molar-refractivity contribution in [2.24, 2.45) is 0 Å². The van der Waals surface area contributed by atoms with E-state index in [-0.39, 0.29) is 24.3 Å². The van der Waals surface area contributed by atoms with E-state index in [0.717, 1.165) is 11.1 Å². The smallest absolute Gasteiger partial charge is 0.330 e. The first-order chi connectivity index (χ1) is 12.4. The Labute approximate surface area is 152 Å². The van der Waals surface area contributed by atoms with Crippen molar-refractivity contribution in [3.8, 4) is 0 Å². The van der Waals surface area contributed by atoms with Crippen LogP contribution in [0, 0.1) is 6.92 Å². The van der Waals surface area contributed by atoms with Crippen LogP contribution in [0.5, 0.6) is 0 Å². The van der Waals surface area contributed by atoms with Crippen molar-refractivity contribution >= 4 is 21.9 Å². The standard InChI is InChI=1S/C19H19NO5S/c1-14-7-9-16(10-8-14)26(23,24)20-17(11-12-18(20)21)19(22)25-13-15-5-3-2-4-6-15/h2-10,17H,11-13H2,1H3/t17-/m0/s1. The summed E-state index contributed by atoms with van der Waals surface area (Å²) < 4.78 is 31.6. The van der Waals surface area contributed by atoms with Crippen LogP contribution in [-0.2, 0) is 31.0 Å². The maximum Gasteiger partial charge on any atom is 0.330 e. The Kier molecular flexibility index (Phi) is 5.08. The van der Waals surface area contributed by atoms with Gasteiger partial charge in [-0.15, -0.1) is 0 Å². The molecule has 2 aromatic carbocycles. The molecule has 0 radical (unpaired) electrons. The zero-order chi connectivity index (χ0) is 18.7. The van der Waals surface area contributed by atoms with Gasteiger partial charge in [0, 0.05) is 6.42 Å². The number of hydrogen-bond donors (Lipinski definition) is 0. The fourth-order valence-corrected chi connectivity index (χ4v) is 4.42. The Morgan fingerprint density at radius 1 is 1.12 bits per heavy atom. The maximum absolute atomic E-state index is 12.8. The van der Waals surface area contributed by atoms with Gasteiger partial charge in [0.1, 0.15) is 12.6 Å². The highest BCUT2D eigenvalue weighted by Gasteiger charge is 2.45. The van der Waals surface area contributed by atoms with E-state index in [0.29, 0.717) is 4.31 Å². The van der Waals surface area contributed by atoms with E-state index in [9.17, 15) is 18.0 Å². The normalized spacial score (nSPS) is 17.3. The summed E-state index contributed by atoms with van der Waals surface area (Å²) in [6.45, 7) is 1.87. The average Bonchev–Trinajstić information content (AvgIpc) is 3.03. The molecule has 7 heteroatoms. The minimum atomic E-state index is -4.10. The first-order valence-corrected chi connectivity index (χ1v) is 9.68. The van der Waals surface area contributed by atoms with E-state index in [4.69, 9.17) is 4.74 Å². The third-order valence-electron chi connectivity index (χ3n) is 4.23. The van der Waals surface area contributed by atoms with E-state index >= 15 is 0 Å². The highest BCUT2D eigenvalue weighted by molar-refractivity contribution is 7.89. The van der Waals surface area contributed by atoms with Crippen molar-refractivity contribution in [1.82, 2.24) is 4.31 Å². The molecule has 0 saturated carbocycles. The number of sulfonamides is 1. The first kappa shape index (κ1) is 18.1. The van der Waals surface area contributed by atoms with Crippen molar-refractivity contribution in [3.63, 3.8) is 0 Å². The highest BCUT2D eigenvalue weighted by atomic mass is 32.2. The van der Waals surface area contributed by atoms with Crippen LogP contribution in [0.3, 0.4) is 0 Å². The highest BCUT2D eigenvalue weighted by Crippen LogP contribution is 2.28. The van der Waals surface area contributed by atoms with Crippen LogP contribution in [0.2, 0.25) is 0 Å². The monoisotopic (exact) mass is 373 g/mol. The number of amides is 1. The van der Waals surface area contributed by atoms with Gasteiger partial charge in [-0.05, 0) is 31.0 Å². The molecule has 0 unspecified atom stereocenters. The molecule has 1 aliphatic rings. The van der Waals surface area contributed by atoms with Gasteiger partial charge in [-0.3, -0.25) is 4.79 Å². The lowest BCUT2D eigenvalue weighted by atomic mass is 10.2. The number of carbonyl (C=O) groups excluding carboxylic acids is 2. The maximum atomic E-state index is 12.8. The van der Waals surface area contributed by atoms with Gasteiger partial charge in [0.15, 0.2) is 0 Å². The van der Waals surface area contributed by atoms with Crippen LogP contribution in [-0.4, -0.2) is 30.6 Å². The number of rotatable bonds is 5. The van der Waals surface area contributed by atoms with Crippen LogP contribution in [0.25, 0.3) is 0 Å². The Morgan fingerprint density at radius 3 is 2.42 bits per heavy atom. The molecule has 2 aromatic rings. The molecule has 3 rings (SSSR count). The quantitative estimate of drug-likeness (QED) is 0.752. The Bertz CT molecular complexity index is 907. The van der Waals surface area contributed by atoms with Gasteiger partial charge in [0.2, 0.25) is 5.91 Å². The molecule has 26 heavy (non-hydrogen) atoms. The van der Waals surface area contributed by atoms with Gasteiger partial charge < -0.3 is 4.74 Å². The van der Waals surface area contributed by atoms with Gasteiger partial charge in [-0.2, -0.15) is 0 Å². The van der Waals surface area contributed by atoms with Gasteiger partial charge in [0.05, 0.1) is 4.90 Å². The number of nitrogens with zero attached hydrogens (tertiary/aromatic N) is 1. The van der Waals surface area contributed by atoms with E-state index in [2.05, 4.69) is 0 Å². The molecule has 1 fully saturated rings. The second-order valence-electron chi connectivity index (χ2n) is 6.16. The number of hydrogen-bond acceptors (Lipinski definition) is 5. The molecule has 0 aliphatic carbocycles. The van der Waals surface area contributed by atoms with Crippen LogP contribution in [0.1, 0.15) is 24.0 Å². The van der Waals surface area contributed by atoms with Crippen molar-refractivity contribution < 1.29 is 22.7 Å². The lowest BCUT2D eigenvalue weighted by molar-refractivity contribution is -0.150. The molecule has 1 heterocycles. The number of benzene rings is 2. The Morgan fingerprint density at radius 2 is 1.77 bits per heavy atom. The number of aryl methyl sites for hydroxylation is 1. The zero-order valence-corrected chi connectivity index (χ0v) is 15.1. The number of esters is 1. The van der Waals surface area contributed by atoms with Crippen LogP contribution >= 0.6 is 0 Å². The summed E-state index contributed by atoms with van der Waals surface area (Å²) >= 11 is 0. The van der Waals surface area contributed by atoms with E-state index in [1.807, 2.05) is 25.1 Å². The lowest BCUT2D eigenvalue weighted by Gasteiger charge is -2.23. The van der Waals surface area contributed by atoms with Gasteiger partial charge in [0.25, 0.3) is 10.0 Å². The molecule has 0 spiro atoms. The predicted molar refractivity (Wildman–Crippen MR) is 94.5 cm³/mol. The number of ether oxygens (including phenoxy) is 1. The summed E-state index contributed by atoms with van der Waals surface area (Å²) in [5, 5.41) is 0. The molecule has 136 valence electrons. The lowest BCUT2D eigenvalue weighted by Crippen LogP contribution is -2.43. The Hall–Kier alpha value is -2.67. The fourth-order valence-electron chi connectivity index (χ4n) is 2.83. The molecule has 1 amide bonds. The topological polar surface area (TPSA) is 80.8 Å². The number of carbonyl (C=O) groups is 2. The molecule has 1 saturated heterocycles. The Balaban J connectivity index is 1.79. The summed E-state index contributed by atoms with van der Waals surface area (Å²) in [6, 6.07) is 14.1. The van der Waals surface area contributed by atoms with Crippen molar-refractivity contribution in [2.75, 3.05) is 0 Å². The van der Waals surface area contributed by atoms with Gasteiger partial charge in [-0.1, -0.05) is 48.0 Å². The van der Waals surface area contributed by atoms with Crippen molar-refractivity contribution in [3.05, 3.63) is 65.7 Å². The molecular formula is C19H19NO5S. The summed E-state index contributed by atoms with van der Waals surface area (Å²) in [4.78, 5) is 24.6. The predicted octanol–water partition coefficient (Wildman–Crippen LogP) is 2.42. The molecule has 6 nitrogen and oxygen atoms in total. The summed E-state index contributed by atoms with van der Waals surface area (Å²) in [5.74, 6) is -1.30. The third kappa shape index (κ3) is 3.62. The van der Waals surface area contributed by atoms with Crippen molar-refractivity contribution in [1.29, 1.82) is 0 Å². The second-order valence-corrected chi connectivity index (χ2v) is 7.97. The third-order valence-corrected chi connectivity index (χ3v) is 6.08. The SMILES string of the molecule is Cc1ccc(S(=O)(=O)N2C(=O)CC[C@H]2C(=O)OCc2ccccc2)cc1. The first-order valence-electron chi connectivity index (χ1n) is 8.24. The largest absolute Gasteiger partial charge is 0.459 e. The second kappa shape index (κ2) is 7.29. The van der Waals surface area contributed by atoms with E-state index in [1.54, 1.807) is 24.3 Å². The van der Waals surface area contributed by atoms with E-state index < -0.39 is 27.9 Å². The van der Waals surface area contributed by atoms with Gasteiger partial charge >= 0.3 is 5.97 Å². The summed E-state index contributed by atoms with van der Waals surface area (Å²) in [5.41, 5.74) is 1.69. The van der Waals surface area contributed by atoms with Crippen molar-refractivity contribution in [2.45, 2.75) is 37.3 Å². The van der Waals surface area contributed by atoms with Crippen LogP contribution < -0.4 is 0 Å². The molecule has 0 aromatic heterocycles. The summed E-state index contributed by atoms with van der Waals surface area (Å²) in [7, 11) is -4.10. The molecular weight excluding hydrogens is 354 g/mol. The van der Waals surface area contributed by atoms with Crippen LogP contribution in [0.4, 0.5) is 0 Å². The molecule has 1 aliphatic heterocycles. The molecule has 1 atom stereocenters. The van der Waals surface area contributed by atoms with E-state index in [1.165, 1.54) is 12.1 Å². The minimum absolute atomic E-state index is 0.00377. The van der Waals surface area contributed by atoms with Crippen LogP contribution in [0.15, 0.2) is 59.5 Å². The molecule has 0 bridgehead atoms. The zero-order valence-electron chi connectivity index (χ0n) is 14.3. The minimum Gasteiger partial charge on any atom is -0.459 e. The average molecular weight is 373 g/mol. The van der Waals surface area contributed by atoms with Gasteiger partial charge in [-0.25, -0.2) is 17.5 Å². The summed E-state index contributed by atoms with van der Waals surface area (Å²) in [6.07, 6.45) is 0.119.